The van der Waals surface area contributed by atoms with Crippen molar-refractivity contribution in [2.24, 2.45) is 5.92 Å². The van der Waals surface area contributed by atoms with Crippen molar-refractivity contribution in [1.29, 1.82) is 0 Å². The maximum Gasteiger partial charge on any atom is 0.315 e. The van der Waals surface area contributed by atoms with Crippen molar-refractivity contribution in [3.63, 3.8) is 0 Å². The molecule has 2 aliphatic rings. The van der Waals surface area contributed by atoms with Crippen molar-refractivity contribution in [2.45, 2.75) is 64.1 Å². The fourth-order valence-electron chi connectivity index (χ4n) is 3.07. The monoisotopic (exact) mass is 332 g/mol. The van der Waals surface area contributed by atoms with Gasteiger partial charge >= 0.3 is 6.03 Å². The molecule has 0 radical (unpaired) electrons. The first-order valence-corrected chi connectivity index (χ1v) is 9.05. The molecule has 5 nitrogen and oxygen atoms in total. The highest BCUT2D eigenvalue weighted by molar-refractivity contribution is 5.74. The Bertz CT molecular complexity index is 564. The van der Waals surface area contributed by atoms with Gasteiger partial charge in [0.25, 0.3) is 0 Å². The molecule has 0 bridgehead atoms. The van der Waals surface area contributed by atoms with Gasteiger partial charge in [0.2, 0.25) is 0 Å². The largest absolute Gasteiger partial charge is 0.493 e. The average molecular weight is 332 g/mol. The third-order valence-corrected chi connectivity index (χ3v) is 4.87. The number of hydrogen-bond acceptors (Lipinski definition) is 3. The van der Waals surface area contributed by atoms with Crippen molar-refractivity contribution in [3.05, 3.63) is 29.3 Å². The molecule has 24 heavy (non-hydrogen) atoms. The predicted octanol–water partition coefficient (Wildman–Crippen LogP) is 2.89. The summed E-state index contributed by atoms with van der Waals surface area (Å²) in [6, 6.07) is 6.12. The highest BCUT2D eigenvalue weighted by Gasteiger charge is 2.23. The van der Waals surface area contributed by atoms with Gasteiger partial charge in [-0.3, -0.25) is 0 Å². The first kappa shape index (κ1) is 17.1. The zero-order valence-electron chi connectivity index (χ0n) is 14.4. The summed E-state index contributed by atoms with van der Waals surface area (Å²) in [5.41, 5.74) is 2.17. The number of aliphatic hydroxyl groups is 1. The zero-order chi connectivity index (χ0) is 16.9. The molecule has 0 aliphatic heterocycles. The van der Waals surface area contributed by atoms with Crippen LogP contribution in [0, 0.1) is 12.8 Å². The normalized spacial score (nSPS) is 23.6. The van der Waals surface area contributed by atoms with Crippen LogP contribution in [0.15, 0.2) is 18.2 Å². The van der Waals surface area contributed by atoms with E-state index in [9.17, 15) is 9.90 Å². The molecule has 0 aromatic heterocycles. The lowest BCUT2D eigenvalue weighted by atomic mass is 9.93. The van der Waals surface area contributed by atoms with Crippen molar-refractivity contribution >= 4 is 6.03 Å². The lowest BCUT2D eigenvalue weighted by Gasteiger charge is -2.26. The van der Waals surface area contributed by atoms with E-state index in [1.807, 2.05) is 25.1 Å². The number of aryl methyl sites for hydroxylation is 1. The van der Waals surface area contributed by atoms with Gasteiger partial charge in [0.05, 0.1) is 12.7 Å². The molecule has 3 rings (SSSR count). The molecular weight excluding hydrogens is 304 g/mol. The molecule has 0 heterocycles. The Morgan fingerprint density at radius 1 is 1.21 bits per heavy atom. The van der Waals surface area contributed by atoms with Crippen LogP contribution in [-0.4, -0.2) is 29.9 Å². The quantitative estimate of drug-likeness (QED) is 0.750. The van der Waals surface area contributed by atoms with Gasteiger partial charge in [0, 0.05) is 18.2 Å². The Morgan fingerprint density at radius 2 is 1.96 bits per heavy atom. The van der Waals surface area contributed by atoms with Crippen LogP contribution in [0.2, 0.25) is 0 Å². The van der Waals surface area contributed by atoms with Crippen LogP contribution < -0.4 is 15.4 Å². The van der Waals surface area contributed by atoms with Gasteiger partial charge in [-0.15, -0.1) is 0 Å². The van der Waals surface area contributed by atoms with Gasteiger partial charge in [-0.2, -0.15) is 0 Å². The second kappa shape index (κ2) is 7.88. The van der Waals surface area contributed by atoms with E-state index < -0.39 is 0 Å². The molecule has 0 unspecified atom stereocenters. The van der Waals surface area contributed by atoms with E-state index in [1.54, 1.807) is 0 Å². The molecule has 0 spiro atoms. The highest BCUT2D eigenvalue weighted by atomic mass is 16.5. The zero-order valence-corrected chi connectivity index (χ0v) is 14.4. The number of benzene rings is 1. The van der Waals surface area contributed by atoms with Crippen LogP contribution in [0.4, 0.5) is 4.79 Å². The maximum atomic E-state index is 12.1. The minimum Gasteiger partial charge on any atom is -0.493 e. The third-order valence-electron chi connectivity index (χ3n) is 4.87. The fraction of sp³-hybridized carbons (Fsp3) is 0.632. The molecule has 1 aromatic carbocycles. The number of hydrogen-bond donors (Lipinski definition) is 3. The summed E-state index contributed by atoms with van der Waals surface area (Å²) < 4.78 is 5.94. The Morgan fingerprint density at radius 3 is 2.67 bits per heavy atom. The molecule has 5 heteroatoms. The van der Waals surface area contributed by atoms with Gasteiger partial charge in [0.15, 0.2) is 0 Å². The smallest absolute Gasteiger partial charge is 0.315 e. The minimum atomic E-state index is -0.204. The van der Waals surface area contributed by atoms with Crippen molar-refractivity contribution in [1.82, 2.24) is 10.6 Å². The lowest BCUT2D eigenvalue weighted by molar-refractivity contribution is 0.117. The number of carbonyl (C=O) groups is 1. The van der Waals surface area contributed by atoms with E-state index in [0.717, 1.165) is 49.2 Å². The molecule has 1 aromatic rings. The summed E-state index contributed by atoms with van der Waals surface area (Å²) in [6.45, 7) is 3.28. The van der Waals surface area contributed by atoms with E-state index in [4.69, 9.17) is 4.74 Å². The molecule has 2 amide bonds. The summed E-state index contributed by atoms with van der Waals surface area (Å²) in [7, 11) is 0. The summed E-state index contributed by atoms with van der Waals surface area (Å²) >= 11 is 0. The summed E-state index contributed by atoms with van der Waals surface area (Å²) in [4.78, 5) is 12.1. The molecule has 2 saturated carbocycles. The van der Waals surface area contributed by atoms with Crippen LogP contribution in [0.5, 0.6) is 5.75 Å². The Hall–Kier alpha value is -1.75. The lowest BCUT2D eigenvalue weighted by Crippen LogP contribution is -2.43. The van der Waals surface area contributed by atoms with E-state index >= 15 is 0 Å². The fourth-order valence-corrected chi connectivity index (χ4v) is 3.07. The van der Waals surface area contributed by atoms with Crippen molar-refractivity contribution < 1.29 is 14.6 Å². The number of aliphatic hydroxyl groups excluding tert-OH is 1. The molecule has 2 fully saturated rings. The minimum absolute atomic E-state index is 0.148. The van der Waals surface area contributed by atoms with Gasteiger partial charge in [-0.05, 0) is 63.0 Å². The van der Waals surface area contributed by atoms with Gasteiger partial charge in [0.1, 0.15) is 5.75 Å². The number of ether oxygens (including phenoxy) is 1. The average Bonchev–Trinajstić information content (AvgIpc) is 3.38. The van der Waals surface area contributed by atoms with Crippen LogP contribution in [0.1, 0.15) is 49.7 Å². The molecule has 2 aliphatic carbocycles. The highest BCUT2D eigenvalue weighted by Crippen LogP contribution is 2.30. The molecule has 132 valence electrons. The van der Waals surface area contributed by atoms with Crippen LogP contribution in [-0.2, 0) is 6.54 Å². The number of nitrogens with one attached hydrogen (secondary N) is 2. The maximum absolute atomic E-state index is 12.1. The second-order valence-corrected chi connectivity index (χ2v) is 7.20. The SMILES string of the molecule is Cc1ccc(CNC(=O)NC2CCC(O)CC2)c(OCC2CC2)c1. The summed E-state index contributed by atoms with van der Waals surface area (Å²) in [5, 5.41) is 15.4. The number of urea groups is 1. The number of amides is 2. The van der Waals surface area contributed by atoms with Gasteiger partial charge in [-0.25, -0.2) is 4.79 Å². The summed E-state index contributed by atoms with van der Waals surface area (Å²) in [5.74, 6) is 1.58. The van der Waals surface area contributed by atoms with E-state index in [0.29, 0.717) is 12.5 Å². The first-order chi connectivity index (χ1) is 11.6. The van der Waals surface area contributed by atoms with E-state index in [-0.39, 0.29) is 18.2 Å². The first-order valence-electron chi connectivity index (χ1n) is 9.05. The number of carbonyl (C=O) groups excluding carboxylic acids is 1. The predicted molar refractivity (Wildman–Crippen MR) is 93.0 cm³/mol. The topological polar surface area (TPSA) is 70.6 Å². The standard InChI is InChI=1S/C19H28N2O3/c1-13-2-5-15(18(10-13)24-12-14-3-4-14)11-20-19(23)21-16-6-8-17(22)9-7-16/h2,5,10,14,16-17,22H,3-4,6-9,11-12H2,1H3,(H2,20,21,23). The van der Waals surface area contributed by atoms with E-state index in [2.05, 4.69) is 10.6 Å². The van der Waals surface area contributed by atoms with Gasteiger partial charge in [-0.1, -0.05) is 12.1 Å². The molecule has 0 atom stereocenters. The third kappa shape index (κ3) is 5.13. The van der Waals surface area contributed by atoms with Crippen LogP contribution in [0.25, 0.3) is 0 Å². The molecular formula is C19H28N2O3. The molecule has 3 N–H and O–H groups in total. The Labute approximate surface area is 143 Å². The van der Waals surface area contributed by atoms with Crippen LogP contribution in [0.3, 0.4) is 0 Å². The van der Waals surface area contributed by atoms with E-state index in [1.165, 1.54) is 12.8 Å². The van der Waals surface area contributed by atoms with Crippen molar-refractivity contribution in [3.8, 4) is 5.75 Å². The number of rotatable bonds is 6. The van der Waals surface area contributed by atoms with Gasteiger partial charge < -0.3 is 20.5 Å². The second-order valence-electron chi connectivity index (χ2n) is 7.20. The molecule has 0 saturated heterocycles. The Kier molecular flexibility index (Phi) is 5.61. The van der Waals surface area contributed by atoms with Crippen molar-refractivity contribution in [2.75, 3.05) is 6.61 Å². The summed E-state index contributed by atoms with van der Waals surface area (Å²) in [6.07, 6.45) is 5.54. The van der Waals surface area contributed by atoms with Crippen LogP contribution >= 0.6 is 0 Å². The Balaban J connectivity index is 1.48.